The van der Waals surface area contributed by atoms with Crippen molar-refractivity contribution in [1.29, 1.82) is 0 Å². The van der Waals surface area contributed by atoms with Crippen LogP contribution in [0.3, 0.4) is 0 Å². The van der Waals surface area contributed by atoms with Crippen LogP contribution in [-0.2, 0) is 10.1 Å². The van der Waals surface area contributed by atoms with E-state index in [0.29, 0.717) is 0 Å². The number of morpholine rings is 1. The minimum absolute atomic E-state index is 0.807. The minimum atomic E-state index is 0.807. The van der Waals surface area contributed by atoms with Crippen molar-refractivity contribution in [2.45, 2.75) is 12.3 Å². The van der Waals surface area contributed by atoms with Crippen molar-refractivity contribution < 1.29 is 4.74 Å². The van der Waals surface area contributed by atoms with Crippen LogP contribution in [0.4, 0.5) is 5.82 Å². The van der Waals surface area contributed by atoms with E-state index in [1.54, 1.807) is 0 Å². The Bertz CT molecular complexity index is 337. The number of aryl methyl sites for hydroxylation is 1. The first-order chi connectivity index (χ1) is 7.31. The van der Waals surface area contributed by atoms with Crippen molar-refractivity contribution >= 4 is 21.7 Å². The van der Waals surface area contributed by atoms with E-state index in [1.165, 1.54) is 11.1 Å². The summed E-state index contributed by atoms with van der Waals surface area (Å²) < 4.78 is 5.33. The molecule has 2 heterocycles. The van der Waals surface area contributed by atoms with E-state index in [1.807, 2.05) is 6.20 Å². The van der Waals surface area contributed by atoms with E-state index in [9.17, 15) is 0 Å². The van der Waals surface area contributed by atoms with Crippen molar-refractivity contribution in [3.05, 3.63) is 23.4 Å². The average Bonchev–Trinajstić information content (AvgIpc) is 2.30. The van der Waals surface area contributed by atoms with E-state index < -0.39 is 0 Å². The lowest BCUT2D eigenvalue weighted by Crippen LogP contribution is -2.37. The van der Waals surface area contributed by atoms with Gasteiger partial charge in [0.05, 0.1) is 13.2 Å². The topological polar surface area (TPSA) is 25.4 Å². The second-order valence-electron chi connectivity index (χ2n) is 3.72. The Hall–Kier alpha value is -0.610. The second kappa shape index (κ2) is 4.94. The quantitative estimate of drug-likeness (QED) is 0.770. The molecule has 82 valence electrons. The summed E-state index contributed by atoms with van der Waals surface area (Å²) in [4.78, 5) is 6.80. The van der Waals surface area contributed by atoms with Gasteiger partial charge < -0.3 is 9.64 Å². The molecule has 0 N–H and O–H groups in total. The van der Waals surface area contributed by atoms with Crippen LogP contribution >= 0.6 is 15.9 Å². The summed E-state index contributed by atoms with van der Waals surface area (Å²) in [6.07, 6.45) is 1.94. The highest BCUT2D eigenvalue weighted by Gasteiger charge is 2.14. The number of rotatable bonds is 2. The molecule has 3 nitrogen and oxygen atoms in total. The van der Waals surface area contributed by atoms with Crippen molar-refractivity contribution in [1.82, 2.24) is 4.98 Å². The molecule has 1 aliphatic heterocycles. The fourth-order valence-corrected chi connectivity index (χ4v) is 2.11. The highest BCUT2D eigenvalue weighted by Crippen LogP contribution is 2.19. The molecular weight excluding hydrogens is 256 g/mol. The van der Waals surface area contributed by atoms with Gasteiger partial charge in [0, 0.05) is 24.6 Å². The van der Waals surface area contributed by atoms with Crippen LogP contribution in [0.2, 0.25) is 0 Å². The molecule has 0 amide bonds. The van der Waals surface area contributed by atoms with Crippen molar-refractivity contribution in [2.24, 2.45) is 0 Å². The van der Waals surface area contributed by atoms with Gasteiger partial charge in [-0.2, -0.15) is 0 Å². The lowest BCUT2D eigenvalue weighted by Gasteiger charge is -2.29. The Morgan fingerprint density at radius 1 is 1.47 bits per heavy atom. The summed E-state index contributed by atoms with van der Waals surface area (Å²) in [6.45, 7) is 5.62. The van der Waals surface area contributed by atoms with E-state index in [4.69, 9.17) is 4.74 Å². The Kier molecular flexibility index (Phi) is 3.59. The SMILES string of the molecule is Cc1cc(CBr)cnc1N1CCOCC1. The Balaban J connectivity index is 2.19. The fourth-order valence-electron chi connectivity index (χ4n) is 1.81. The number of hydrogen-bond acceptors (Lipinski definition) is 3. The summed E-state index contributed by atoms with van der Waals surface area (Å²) in [5.74, 6) is 1.10. The summed E-state index contributed by atoms with van der Waals surface area (Å²) >= 11 is 3.44. The molecule has 2 rings (SSSR count). The van der Waals surface area contributed by atoms with Crippen LogP contribution in [0.25, 0.3) is 0 Å². The number of hydrogen-bond donors (Lipinski definition) is 0. The zero-order valence-electron chi connectivity index (χ0n) is 8.87. The lowest BCUT2D eigenvalue weighted by molar-refractivity contribution is 0.122. The third-order valence-corrected chi connectivity index (χ3v) is 3.22. The molecule has 0 aromatic carbocycles. The number of nitrogens with zero attached hydrogens (tertiary/aromatic N) is 2. The third kappa shape index (κ3) is 2.49. The lowest BCUT2D eigenvalue weighted by atomic mass is 10.2. The third-order valence-electron chi connectivity index (χ3n) is 2.57. The monoisotopic (exact) mass is 270 g/mol. The van der Waals surface area contributed by atoms with Crippen LogP contribution in [0.15, 0.2) is 12.3 Å². The van der Waals surface area contributed by atoms with Crippen molar-refractivity contribution in [3.63, 3.8) is 0 Å². The van der Waals surface area contributed by atoms with Gasteiger partial charge in [-0.25, -0.2) is 4.98 Å². The highest BCUT2D eigenvalue weighted by molar-refractivity contribution is 9.08. The highest BCUT2D eigenvalue weighted by atomic mass is 79.9. The van der Waals surface area contributed by atoms with Gasteiger partial charge in [0.1, 0.15) is 5.82 Å². The van der Waals surface area contributed by atoms with Gasteiger partial charge in [0.25, 0.3) is 0 Å². The predicted octanol–water partition coefficient (Wildman–Crippen LogP) is 2.12. The van der Waals surface area contributed by atoms with E-state index in [-0.39, 0.29) is 0 Å². The molecule has 1 saturated heterocycles. The molecule has 1 aromatic rings. The van der Waals surface area contributed by atoms with Crippen molar-refractivity contribution in [2.75, 3.05) is 31.2 Å². The molecule has 15 heavy (non-hydrogen) atoms. The smallest absolute Gasteiger partial charge is 0.131 e. The number of pyridine rings is 1. The Morgan fingerprint density at radius 2 is 2.20 bits per heavy atom. The summed E-state index contributed by atoms with van der Waals surface area (Å²) in [6, 6.07) is 2.19. The average molecular weight is 271 g/mol. The van der Waals surface area contributed by atoms with Gasteiger partial charge in [0.2, 0.25) is 0 Å². The second-order valence-corrected chi connectivity index (χ2v) is 4.28. The van der Waals surface area contributed by atoms with Crippen LogP contribution in [0, 0.1) is 6.92 Å². The molecule has 0 spiro atoms. The molecule has 0 radical (unpaired) electrons. The van der Waals surface area contributed by atoms with Gasteiger partial charge in [0.15, 0.2) is 0 Å². The molecule has 1 fully saturated rings. The van der Waals surface area contributed by atoms with Crippen LogP contribution in [0.5, 0.6) is 0 Å². The molecule has 0 atom stereocenters. The Labute approximate surface area is 98.6 Å². The van der Waals surface area contributed by atoms with E-state index in [2.05, 4.69) is 38.8 Å². The standard InChI is InChI=1S/C11H15BrN2O/c1-9-6-10(7-12)8-13-11(9)14-2-4-15-5-3-14/h6,8H,2-5,7H2,1H3. The van der Waals surface area contributed by atoms with Gasteiger partial charge >= 0.3 is 0 Å². The number of aromatic nitrogens is 1. The summed E-state index contributed by atoms with van der Waals surface area (Å²) in [7, 11) is 0. The normalized spacial score (nSPS) is 16.8. The van der Waals surface area contributed by atoms with Gasteiger partial charge in [-0.1, -0.05) is 22.0 Å². The molecule has 0 bridgehead atoms. The maximum atomic E-state index is 5.33. The number of anilines is 1. The molecule has 0 saturated carbocycles. The number of halogens is 1. The maximum absolute atomic E-state index is 5.33. The molecule has 1 aromatic heterocycles. The molecule has 1 aliphatic rings. The first-order valence-electron chi connectivity index (χ1n) is 5.15. The molecule has 0 aliphatic carbocycles. The van der Waals surface area contributed by atoms with Crippen LogP contribution < -0.4 is 4.90 Å². The largest absolute Gasteiger partial charge is 0.378 e. The predicted molar refractivity (Wildman–Crippen MR) is 64.6 cm³/mol. The van der Waals surface area contributed by atoms with Gasteiger partial charge in [-0.3, -0.25) is 0 Å². The zero-order chi connectivity index (χ0) is 10.7. The minimum Gasteiger partial charge on any atom is -0.378 e. The van der Waals surface area contributed by atoms with E-state index in [0.717, 1.165) is 37.5 Å². The van der Waals surface area contributed by atoms with Crippen LogP contribution in [-0.4, -0.2) is 31.3 Å². The summed E-state index contributed by atoms with van der Waals surface area (Å²) in [5, 5.41) is 0.865. The van der Waals surface area contributed by atoms with Crippen LogP contribution in [0.1, 0.15) is 11.1 Å². The number of ether oxygens (including phenoxy) is 1. The first kappa shape index (κ1) is 10.9. The Morgan fingerprint density at radius 3 is 2.80 bits per heavy atom. The number of alkyl halides is 1. The van der Waals surface area contributed by atoms with Gasteiger partial charge in [-0.05, 0) is 18.1 Å². The summed E-state index contributed by atoms with van der Waals surface area (Å²) in [5.41, 5.74) is 2.47. The molecule has 0 unspecified atom stereocenters. The van der Waals surface area contributed by atoms with Gasteiger partial charge in [-0.15, -0.1) is 0 Å². The first-order valence-corrected chi connectivity index (χ1v) is 6.27. The van der Waals surface area contributed by atoms with E-state index >= 15 is 0 Å². The zero-order valence-corrected chi connectivity index (χ0v) is 10.5. The maximum Gasteiger partial charge on any atom is 0.131 e. The van der Waals surface area contributed by atoms with Crippen molar-refractivity contribution in [3.8, 4) is 0 Å². The fraction of sp³-hybridized carbons (Fsp3) is 0.545. The molecule has 4 heteroatoms. The molecular formula is C11H15BrN2O.